The summed E-state index contributed by atoms with van der Waals surface area (Å²) in [5.74, 6) is -0.689. The van der Waals surface area contributed by atoms with E-state index < -0.39 is 5.97 Å². The van der Waals surface area contributed by atoms with Crippen molar-refractivity contribution in [2.45, 2.75) is 32.2 Å². The Morgan fingerprint density at radius 1 is 1.30 bits per heavy atom. The maximum Gasteiger partial charge on any atom is 0.349 e. The molecule has 0 saturated carbocycles. The number of fused-ring (bicyclic) bond motifs is 1. The Morgan fingerprint density at radius 2 is 2.13 bits per heavy atom. The molecule has 23 heavy (non-hydrogen) atoms. The summed E-state index contributed by atoms with van der Waals surface area (Å²) in [6.07, 6.45) is 3.02. The molecular weight excluding hydrogens is 310 g/mol. The van der Waals surface area contributed by atoms with Gasteiger partial charge in [-0.05, 0) is 54.3 Å². The van der Waals surface area contributed by atoms with Gasteiger partial charge in [-0.3, -0.25) is 4.79 Å². The molecule has 0 fully saturated rings. The van der Waals surface area contributed by atoms with Gasteiger partial charge in [0.1, 0.15) is 4.88 Å². The van der Waals surface area contributed by atoms with E-state index in [1.165, 1.54) is 22.5 Å². The second-order valence-corrected chi connectivity index (χ2v) is 6.64. The topological polar surface area (TPSA) is 55.4 Å². The van der Waals surface area contributed by atoms with Gasteiger partial charge in [-0.1, -0.05) is 24.3 Å². The van der Waals surface area contributed by atoms with Crippen molar-refractivity contribution in [3.8, 4) is 0 Å². The van der Waals surface area contributed by atoms with E-state index in [0.29, 0.717) is 4.88 Å². The maximum atomic E-state index is 12.1. The fourth-order valence-electron chi connectivity index (χ4n) is 2.92. The van der Waals surface area contributed by atoms with Crippen LogP contribution in [0.2, 0.25) is 0 Å². The van der Waals surface area contributed by atoms with Crippen molar-refractivity contribution in [3.05, 3.63) is 57.3 Å². The third-order valence-corrected chi connectivity index (χ3v) is 5.08. The van der Waals surface area contributed by atoms with Gasteiger partial charge in [0, 0.05) is 0 Å². The molecule has 0 radical (unpaired) electrons. The summed E-state index contributed by atoms with van der Waals surface area (Å²) in [4.78, 5) is 24.6. The molecule has 3 rings (SSSR count). The highest BCUT2D eigenvalue weighted by Crippen LogP contribution is 2.29. The number of amides is 1. The Labute approximate surface area is 139 Å². The largest absolute Gasteiger partial charge is 0.451 e. The molecular formula is C18H19NO3S. The molecule has 1 heterocycles. The average Bonchev–Trinajstić information content (AvgIpc) is 2.99. The lowest BCUT2D eigenvalue weighted by molar-refractivity contribution is -0.125. The Bertz CT molecular complexity index is 723. The number of benzene rings is 1. The van der Waals surface area contributed by atoms with Gasteiger partial charge in [0.2, 0.25) is 0 Å². The number of esters is 1. The van der Waals surface area contributed by atoms with Crippen LogP contribution in [0.4, 0.5) is 0 Å². The number of rotatable bonds is 4. The highest BCUT2D eigenvalue weighted by molar-refractivity contribution is 7.12. The molecule has 1 atom stereocenters. The van der Waals surface area contributed by atoms with Gasteiger partial charge < -0.3 is 10.1 Å². The van der Waals surface area contributed by atoms with Crippen LogP contribution in [0.1, 0.15) is 45.2 Å². The smallest absolute Gasteiger partial charge is 0.349 e. The molecule has 5 heteroatoms. The Morgan fingerprint density at radius 3 is 2.91 bits per heavy atom. The quantitative estimate of drug-likeness (QED) is 0.875. The SMILES string of the molecule is Cc1ccsc1C(=O)OCC(=O)N[C@H]1CCCc2ccccc21. The summed E-state index contributed by atoms with van der Waals surface area (Å²) in [5, 5.41) is 4.82. The molecule has 120 valence electrons. The number of carbonyl (C=O) groups is 2. The van der Waals surface area contributed by atoms with E-state index in [9.17, 15) is 9.59 Å². The van der Waals surface area contributed by atoms with Crippen molar-refractivity contribution < 1.29 is 14.3 Å². The first-order valence-corrected chi connectivity index (χ1v) is 8.61. The molecule has 1 aliphatic carbocycles. The summed E-state index contributed by atoms with van der Waals surface area (Å²) in [6, 6.07) is 10.0. The summed E-state index contributed by atoms with van der Waals surface area (Å²) < 4.78 is 5.12. The lowest BCUT2D eigenvalue weighted by Gasteiger charge is -2.26. The Balaban J connectivity index is 1.56. The van der Waals surface area contributed by atoms with Crippen LogP contribution in [0.25, 0.3) is 0 Å². The van der Waals surface area contributed by atoms with Crippen molar-refractivity contribution in [2.24, 2.45) is 0 Å². The zero-order valence-electron chi connectivity index (χ0n) is 13.0. The number of aryl methyl sites for hydroxylation is 2. The van der Waals surface area contributed by atoms with Gasteiger partial charge in [0.05, 0.1) is 6.04 Å². The van der Waals surface area contributed by atoms with Crippen molar-refractivity contribution >= 4 is 23.2 Å². The molecule has 0 aliphatic heterocycles. The minimum Gasteiger partial charge on any atom is -0.451 e. The Kier molecular flexibility index (Phi) is 4.76. The first-order valence-electron chi connectivity index (χ1n) is 7.73. The van der Waals surface area contributed by atoms with Crippen LogP contribution >= 0.6 is 11.3 Å². The number of hydrogen-bond donors (Lipinski definition) is 1. The third kappa shape index (κ3) is 3.62. The Hall–Kier alpha value is -2.14. The number of ether oxygens (including phenoxy) is 1. The van der Waals surface area contributed by atoms with Gasteiger partial charge in [-0.2, -0.15) is 0 Å². The van der Waals surface area contributed by atoms with Crippen LogP contribution in [0.5, 0.6) is 0 Å². The van der Waals surface area contributed by atoms with Crippen molar-refractivity contribution in [1.82, 2.24) is 5.32 Å². The summed E-state index contributed by atoms with van der Waals surface area (Å²) in [7, 11) is 0. The second-order valence-electron chi connectivity index (χ2n) is 5.72. The average molecular weight is 329 g/mol. The lowest BCUT2D eigenvalue weighted by atomic mass is 9.88. The number of hydrogen-bond acceptors (Lipinski definition) is 4. The minimum absolute atomic E-state index is 0.00891. The normalized spacial score (nSPS) is 16.5. The highest BCUT2D eigenvalue weighted by atomic mass is 32.1. The van der Waals surface area contributed by atoms with Gasteiger partial charge in [-0.15, -0.1) is 11.3 Å². The summed E-state index contributed by atoms with van der Waals surface area (Å²) >= 11 is 1.33. The predicted molar refractivity (Wildman–Crippen MR) is 89.6 cm³/mol. The fourth-order valence-corrected chi connectivity index (χ4v) is 3.74. The molecule has 1 aromatic carbocycles. The van der Waals surface area contributed by atoms with Crippen LogP contribution in [0, 0.1) is 6.92 Å². The van der Waals surface area contributed by atoms with Crippen molar-refractivity contribution in [1.29, 1.82) is 0 Å². The molecule has 2 aromatic rings. The molecule has 1 aromatic heterocycles. The number of nitrogens with one attached hydrogen (secondary N) is 1. The number of carbonyl (C=O) groups excluding carboxylic acids is 2. The van der Waals surface area contributed by atoms with E-state index in [0.717, 1.165) is 24.8 Å². The van der Waals surface area contributed by atoms with E-state index in [4.69, 9.17) is 4.74 Å². The first-order chi connectivity index (χ1) is 11.1. The van der Waals surface area contributed by atoms with E-state index in [1.54, 1.807) is 0 Å². The van der Waals surface area contributed by atoms with Crippen molar-refractivity contribution in [3.63, 3.8) is 0 Å². The van der Waals surface area contributed by atoms with Crippen LogP contribution < -0.4 is 5.32 Å². The standard InChI is InChI=1S/C18H19NO3S/c1-12-9-10-23-17(12)18(21)22-11-16(20)19-15-8-4-6-13-5-2-3-7-14(13)15/h2-3,5,7,9-10,15H,4,6,8,11H2,1H3,(H,19,20)/t15-/m0/s1. The maximum absolute atomic E-state index is 12.1. The van der Waals surface area contributed by atoms with Gasteiger partial charge in [0.15, 0.2) is 6.61 Å². The third-order valence-electron chi connectivity index (χ3n) is 4.09. The van der Waals surface area contributed by atoms with Gasteiger partial charge in [0.25, 0.3) is 5.91 Å². The van der Waals surface area contributed by atoms with Crippen LogP contribution in [0.15, 0.2) is 35.7 Å². The predicted octanol–water partition coefficient (Wildman–Crippen LogP) is 3.41. The van der Waals surface area contributed by atoms with Gasteiger partial charge in [-0.25, -0.2) is 4.79 Å². The number of thiophene rings is 1. The second kappa shape index (κ2) is 6.96. The summed E-state index contributed by atoms with van der Waals surface area (Å²) in [6.45, 7) is 1.61. The summed E-state index contributed by atoms with van der Waals surface area (Å²) in [5.41, 5.74) is 3.34. The van der Waals surface area contributed by atoms with Crippen LogP contribution in [0.3, 0.4) is 0 Å². The van der Waals surface area contributed by atoms with Crippen molar-refractivity contribution in [2.75, 3.05) is 6.61 Å². The van der Waals surface area contributed by atoms with Crippen LogP contribution in [-0.4, -0.2) is 18.5 Å². The fraction of sp³-hybridized carbons (Fsp3) is 0.333. The molecule has 1 N–H and O–H groups in total. The highest BCUT2D eigenvalue weighted by Gasteiger charge is 2.22. The molecule has 4 nitrogen and oxygen atoms in total. The zero-order chi connectivity index (χ0) is 16.2. The first kappa shape index (κ1) is 15.7. The van der Waals surface area contributed by atoms with E-state index >= 15 is 0 Å². The van der Waals surface area contributed by atoms with Crippen LogP contribution in [-0.2, 0) is 16.0 Å². The molecule has 1 amide bonds. The molecule has 0 bridgehead atoms. The molecule has 0 saturated heterocycles. The van der Waals surface area contributed by atoms with E-state index in [-0.39, 0.29) is 18.6 Å². The molecule has 0 unspecified atom stereocenters. The lowest BCUT2D eigenvalue weighted by Crippen LogP contribution is -2.34. The minimum atomic E-state index is -0.434. The molecule has 1 aliphatic rings. The van der Waals surface area contributed by atoms with E-state index in [2.05, 4.69) is 17.4 Å². The zero-order valence-corrected chi connectivity index (χ0v) is 13.8. The molecule has 0 spiro atoms. The van der Waals surface area contributed by atoms with Gasteiger partial charge >= 0.3 is 5.97 Å². The monoisotopic (exact) mass is 329 g/mol. The van der Waals surface area contributed by atoms with E-state index in [1.807, 2.05) is 30.5 Å².